The molecule has 0 unspecified atom stereocenters. The molecule has 0 radical (unpaired) electrons. The van der Waals surface area contributed by atoms with Crippen LogP contribution >= 0.6 is 11.6 Å². The number of rotatable bonds is 5. The van der Waals surface area contributed by atoms with Crippen LogP contribution in [0.4, 0.5) is 0 Å². The minimum absolute atomic E-state index is 0.102. The number of aromatic nitrogens is 2. The molecule has 0 aliphatic heterocycles. The third kappa shape index (κ3) is 3.17. The van der Waals surface area contributed by atoms with E-state index in [-0.39, 0.29) is 21.7 Å². The Bertz CT molecular complexity index is 750. The lowest BCUT2D eigenvalue weighted by molar-refractivity contribution is -0.135. The summed E-state index contributed by atoms with van der Waals surface area (Å²) in [6.07, 6.45) is 0. The van der Waals surface area contributed by atoms with Crippen molar-refractivity contribution in [1.29, 1.82) is 0 Å². The maximum atomic E-state index is 11.8. The summed E-state index contributed by atoms with van der Waals surface area (Å²) in [6.45, 7) is 1.60. The Balaban J connectivity index is 2.46. The second kappa shape index (κ2) is 6.44. The van der Waals surface area contributed by atoms with Gasteiger partial charge in [-0.15, -0.1) is 0 Å². The number of aliphatic carboxylic acids is 1. The molecule has 2 heterocycles. The zero-order valence-electron chi connectivity index (χ0n) is 11.5. The van der Waals surface area contributed by atoms with E-state index in [1.807, 2.05) is 0 Å². The van der Waals surface area contributed by atoms with Crippen LogP contribution in [0.15, 0.2) is 12.1 Å². The quantitative estimate of drug-likeness (QED) is 0.706. The molecule has 0 bridgehead atoms. The molecule has 0 aliphatic rings. The Kier molecular flexibility index (Phi) is 4.62. The summed E-state index contributed by atoms with van der Waals surface area (Å²) < 4.78 is 5.23. The molecule has 0 fully saturated rings. The van der Waals surface area contributed by atoms with E-state index >= 15 is 0 Å². The molecule has 0 aliphatic carbocycles. The zero-order chi connectivity index (χ0) is 16.3. The van der Waals surface area contributed by atoms with Crippen LogP contribution in [0.25, 0.3) is 10.9 Å². The number of aromatic hydroxyl groups is 1. The van der Waals surface area contributed by atoms with Crippen LogP contribution in [0.1, 0.15) is 17.4 Å². The van der Waals surface area contributed by atoms with Gasteiger partial charge in [-0.1, -0.05) is 11.6 Å². The predicted octanol–water partition coefficient (Wildman–Crippen LogP) is 1.20. The lowest BCUT2D eigenvalue weighted by atomic mass is 10.2. The van der Waals surface area contributed by atoms with E-state index in [4.69, 9.17) is 21.4 Å². The van der Waals surface area contributed by atoms with Crippen molar-refractivity contribution in [3.05, 3.63) is 23.0 Å². The number of nitrogens with zero attached hydrogens (tertiary/aromatic N) is 2. The Morgan fingerprint density at radius 1 is 1.36 bits per heavy atom. The first-order valence-electron chi connectivity index (χ1n) is 6.26. The summed E-state index contributed by atoms with van der Waals surface area (Å²) >= 11 is 5.98. The Morgan fingerprint density at radius 3 is 2.73 bits per heavy atom. The maximum absolute atomic E-state index is 11.8. The van der Waals surface area contributed by atoms with Gasteiger partial charge in [0.15, 0.2) is 16.6 Å². The van der Waals surface area contributed by atoms with E-state index in [0.29, 0.717) is 12.5 Å². The summed E-state index contributed by atoms with van der Waals surface area (Å²) in [7, 11) is 0. The third-order valence-electron chi connectivity index (χ3n) is 2.66. The van der Waals surface area contributed by atoms with Gasteiger partial charge < -0.3 is 20.3 Å². The average Bonchev–Trinajstić information content (AvgIpc) is 2.48. The molecule has 0 saturated heterocycles. The van der Waals surface area contributed by atoms with Crippen molar-refractivity contribution in [3.8, 4) is 11.6 Å². The number of fused-ring (bicyclic) bond motifs is 1. The standard InChI is InChI=1S/C13H12ClN3O5/c1-2-22-7-4-3-6-9(16-7)12(14)17-10(11(6)20)13(21)15-5-8(18)19/h3-4,20H,2,5H2,1H3,(H,15,21)(H,18,19). The minimum atomic E-state index is -1.22. The van der Waals surface area contributed by atoms with Crippen LogP contribution in [0.2, 0.25) is 5.15 Å². The number of amides is 1. The van der Waals surface area contributed by atoms with Crippen molar-refractivity contribution < 1.29 is 24.5 Å². The number of pyridine rings is 2. The van der Waals surface area contributed by atoms with Crippen LogP contribution in [0, 0.1) is 0 Å². The monoisotopic (exact) mass is 325 g/mol. The summed E-state index contributed by atoms with van der Waals surface area (Å²) in [5.74, 6) is -2.20. The first-order chi connectivity index (χ1) is 10.4. The van der Waals surface area contributed by atoms with Crippen molar-refractivity contribution in [2.45, 2.75) is 6.92 Å². The molecule has 8 nitrogen and oxygen atoms in total. The van der Waals surface area contributed by atoms with E-state index in [2.05, 4.69) is 15.3 Å². The van der Waals surface area contributed by atoms with Gasteiger partial charge in [0.2, 0.25) is 5.88 Å². The van der Waals surface area contributed by atoms with Gasteiger partial charge in [-0.2, -0.15) is 0 Å². The van der Waals surface area contributed by atoms with Gasteiger partial charge in [-0.05, 0) is 13.0 Å². The smallest absolute Gasteiger partial charge is 0.322 e. The first-order valence-corrected chi connectivity index (χ1v) is 6.63. The predicted molar refractivity (Wildman–Crippen MR) is 77.4 cm³/mol. The van der Waals surface area contributed by atoms with Gasteiger partial charge >= 0.3 is 5.97 Å². The SMILES string of the molecule is CCOc1ccc2c(O)c(C(=O)NCC(=O)O)nc(Cl)c2n1. The number of nitrogens with one attached hydrogen (secondary N) is 1. The number of hydrogen-bond donors (Lipinski definition) is 3. The largest absolute Gasteiger partial charge is 0.505 e. The second-order valence-electron chi connectivity index (χ2n) is 4.15. The van der Waals surface area contributed by atoms with Crippen molar-refractivity contribution >= 4 is 34.4 Å². The highest BCUT2D eigenvalue weighted by molar-refractivity contribution is 6.34. The molecule has 1 amide bonds. The summed E-state index contributed by atoms with van der Waals surface area (Å²) in [6, 6.07) is 3.00. The molecule has 9 heteroatoms. The maximum Gasteiger partial charge on any atom is 0.322 e. The van der Waals surface area contributed by atoms with Gasteiger partial charge in [0.25, 0.3) is 5.91 Å². The second-order valence-corrected chi connectivity index (χ2v) is 4.51. The van der Waals surface area contributed by atoms with Gasteiger partial charge in [-0.3, -0.25) is 9.59 Å². The number of halogens is 1. The highest BCUT2D eigenvalue weighted by atomic mass is 35.5. The van der Waals surface area contributed by atoms with E-state index in [9.17, 15) is 14.7 Å². The molecule has 2 aromatic rings. The van der Waals surface area contributed by atoms with Crippen LogP contribution in [-0.2, 0) is 4.79 Å². The molecule has 2 rings (SSSR count). The Hall–Kier alpha value is -2.61. The molecule has 116 valence electrons. The number of ether oxygens (including phenoxy) is 1. The molecular formula is C13H12ClN3O5. The molecular weight excluding hydrogens is 314 g/mol. The van der Waals surface area contributed by atoms with Crippen LogP contribution in [-0.4, -0.2) is 45.2 Å². The van der Waals surface area contributed by atoms with Crippen molar-refractivity contribution in [3.63, 3.8) is 0 Å². The molecule has 0 aromatic carbocycles. The molecule has 0 spiro atoms. The fourth-order valence-electron chi connectivity index (χ4n) is 1.75. The lowest BCUT2D eigenvalue weighted by Crippen LogP contribution is -2.30. The van der Waals surface area contributed by atoms with E-state index in [1.165, 1.54) is 12.1 Å². The zero-order valence-corrected chi connectivity index (χ0v) is 12.2. The van der Waals surface area contributed by atoms with E-state index in [1.54, 1.807) is 6.92 Å². The van der Waals surface area contributed by atoms with Crippen LogP contribution < -0.4 is 10.1 Å². The summed E-state index contributed by atoms with van der Waals surface area (Å²) in [5, 5.41) is 20.9. The van der Waals surface area contributed by atoms with Crippen molar-refractivity contribution in [2.24, 2.45) is 0 Å². The molecule has 0 saturated carbocycles. The lowest BCUT2D eigenvalue weighted by Gasteiger charge is -2.09. The average molecular weight is 326 g/mol. The van der Waals surface area contributed by atoms with Gasteiger partial charge in [0.05, 0.1) is 6.61 Å². The summed E-state index contributed by atoms with van der Waals surface area (Å²) in [4.78, 5) is 30.2. The fourth-order valence-corrected chi connectivity index (χ4v) is 1.98. The van der Waals surface area contributed by atoms with Crippen molar-refractivity contribution in [1.82, 2.24) is 15.3 Å². The van der Waals surface area contributed by atoms with Crippen LogP contribution in [0.5, 0.6) is 11.6 Å². The Morgan fingerprint density at radius 2 is 2.09 bits per heavy atom. The number of hydrogen-bond acceptors (Lipinski definition) is 6. The van der Waals surface area contributed by atoms with Gasteiger partial charge in [-0.25, -0.2) is 9.97 Å². The molecule has 2 aromatic heterocycles. The van der Waals surface area contributed by atoms with Gasteiger partial charge in [0.1, 0.15) is 12.1 Å². The first kappa shape index (κ1) is 15.8. The van der Waals surface area contributed by atoms with Crippen LogP contribution in [0.3, 0.4) is 0 Å². The van der Waals surface area contributed by atoms with E-state index in [0.717, 1.165) is 0 Å². The molecule has 0 atom stereocenters. The Labute approximate surface area is 129 Å². The number of carbonyl (C=O) groups excluding carboxylic acids is 1. The highest BCUT2D eigenvalue weighted by Gasteiger charge is 2.20. The van der Waals surface area contributed by atoms with E-state index < -0.39 is 24.2 Å². The topological polar surface area (TPSA) is 122 Å². The number of carboxylic acid groups (broad SMARTS) is 1. The minimum Gasteiger partial charge on any atom is -0.505 e. The normalized spacial score (nSPS) is 10.5. The number of carboxylic acids is 1. The van der Waals surface area contributed by atoms with Gasteiger partial charge in [0, 0.05) is 11.5 Å². The van der Waals surface area contributed by atoms with Crippen molar-refractivity contribution in [2.75, 3.05) is 13.2 Å². The third-order valence-corrected chi connectivity index (χ3v) is 2.93. The molecule has 22 heavy (non-hydrogen) atoms. The summed E-state index contributed by atoms with van der Waals surface area (Å²) in [5.41, 5.74) is -0.190. The highest BCUT2D eigenvalue weighted by Crippen LogP contribution is 2.32. The molecule has 3 N–H and O–H groups in total. The number of carbonyl (C=O) groups is 2. The fraction of sp³-hybridized carbons (Fsp3) is 0.231.